The SMILES string of the molecule is Cc1c(C(=O)N2C[C@@H](C)[C@H](C(=O)O)C2)cnn1CC(C)C. The Kier molecular flexibility index (Phi) is 4.34. The number of amides is 1. The van der Waals surface area contributed by atoms with Gasteiger partial charge in [-0.1, -0.05) is 20.8 Å². The van der Waals surface area contributed by atoms with Crippen LogP contribution in [0.3, 0.4) is 0 Å². The average molecular weight is 293 g/mol. The monoisotopic (exact) mass is 293 g/mol. The summed E-state index contributed by atoms with van der Waals surface area (Å²) in [6, 6.07) is 0. The summed E-state index contributed by atoms with van der Waals surface area (Å²) >= 11 is 0. The molecule has 1 amide bonds. The van der Waals surface area contributed by atoms with E-state index in [2.05, 4.69) is 18.9 Å². The van der Waals surface area contributed by atoms with E-state index in [9.17, 15) is 9.59 Å². The molecule has 1 aliphatic rings. The number of carbonyl (C=O) groups excluding carboxylic acids is 1. The van der Waals surface area contributed by atoms with Gasteiger partial charge in [0.2, 0.25) is 0 Å². The summed E-state index contributed by atoms with van der Waals surface area (Å²) in [5.41, 5.74) is 1.43. The van der Waals surface area contributed by atoms with Gasteiger partial charge in [0.25, 0.3) is 5.91 Å². The van der Waals surface area contributed by atoms with Gasteiger partial charge < -0.3 is 10.0 Å². The van der Waals surface area contributed by atoms with Gasteiger partial charge in [0.1, 0.15) is 0 Å². The van der Waals surface area contributed by atoms with Crippen LogP contribution < -0.4 is 0 Å². The van der Waals surface area contributed by atoms with E-state index in [4.69, 9.17) is 5.11 Å². The van der Waals surface area contributed by atoms with Gasteiger partial charge in [-0.2, -0.15) is 5.10 Å². The molecule has 1 aliphatic heterocycles. The molecule has 2 heterocycles. The highest BCUT2D eigenvalue weighted by atomic mass is 16.4. The number of aromatic nitrogens is 2. The second-order valence-electron chi connectivity index (χ2n) is 6.35. The fraction of sp³-hybridized carbons (Fsp3) is 0.667. The van der Waals surface area contributed by atoms with Gasteiger partial charge in [-0.25, -0.2) is 0 Å². The maximum Gasteiger partial charge on any atom is 0.308 e. The molecule has 2 rings (SSSR count). The molecule has 0 saturated carbocycles. The summed E-state index contributed by atoms with van der Waals surface area (Å²) in [7, 11) is 0. The van der Waals surface area contributed by atoms with E-state index in [0.717, 1.165) is 12.2 Å². The van der Waals surface area contributed by atoms with Gasteiger partial charge in [-0.3, -0.25) is 14.3 Å². The van der Waals surface area contributed by atoms with E-state index in [1.807, 2.05) is 18.5 Å². The Bertz CT molecular complexity index is 550. The number of nitrogens with zero attached hydrogens (tertiary/aromatic N) is 3. The number of aliphatic carboxylic acids is 1. The van der Waals surface area contributed by atoms with Crippen LogP contribution in [0.4, 0.5) is 0 Å². The van der Waals surface area contributed by atoms with Crippen LogP contribution >= 0.6 is 0 Å². The molecule has 0 aliphatic carbocycles. The van der Waals surface area contributed by atoms with E-state index in [1.54, 1.807) is 11.1 Å². The summed E-state index contributed by atoms with van der Waals surface area (Å²) in [6.07, 6.45) is 1.60. The van der Waals surface area contributed by atoms with Crippen LogP contribution in [0.1, 0.15) is 36.8 Å². The van der Waals surface area contributed by atoms with E-state index < -0.39 is 11.9 Å². The first kappa shape index (κ1) is 15.5. The maximum absolute atomic E-state index is 12.6. The first-order valence-corrected chi connectivity index (χ1v) is 7.35. The highest BCUT2D eigenvalue weighted by Crippen LogP contribution is 2.25. The van der Waals surface area contributed by atoms with Crippen molar-refractivity contribution in [3.8, 4) is 0 Å². The third kappa shape index (κ3) is 3.09. The Morgan fingerprint density at radius 2 is 2.10 bits per heavy atom. The summed E-state index contributed by atoms with van der Waals surface area (Å²) < 4.78 is 1.84. The van der Waals surface area contributed by atoms with E-state index >= 15 is 0 Å². The van der Waals surface area contributed by atoms with Crippen molar-refractivity contribution >= 4 is 11.9 Å². The zero-order valence-corrected chi connectivity index (χ0v) is 13.0. The molecule has 116 valence electrons. The molecule has 1 saturated heterocycles. The quantitative estimate of drug-likeness (QED) is 0.915. The highest BCUT2D eigenvalue weighted by Gasteiger charge is 2.37. The lowest BCUT2D eigenvalue weighted by Crippen LogP contribution is -2.30. The molecular formula is C15H23N3O3. The molecule has 6 nitrogen and oxygen atoms in total. The molecule has 1 aromatic heterocycles. The van der Waals surface area contributed by atoms with E-state index in [0.29, 0.717) is 18.0 Å². The van der Waals surface area contributed by atoms with Crippen molar-refractivity contribution in [3.05, 3.63) is 17.5 Å². The zero-order chi connectivity index (χ0) is 15.7. The second-order valence-corrected chi connectivity index (χ2v) is 6.35. The summed E-state index contributed by atoms with van der Waals surface area (Å²) in [5, 5.41) is 13.4. The Morgan fingerprint density at radius 3 is 2.62 bits per heavy atom. The molecule has 0 unspecified atom stereocenters. The van der Waals surface area contributed by atoms with Crippen LogP contribution in [0.2, 0.25) is 0 Å². The van der Waals surface area contributed by atoms with Crippen molar-refractivity contribution in [1.29, 1.82) is 0 Å². The molecule has 21 heavy (non-hydrogen) atoms. The van der Waals surface area contributed by atoms with Gasteiger partial charge in [0.15, 0.2) is 0 Å². The van der Waals surface area contributed by atoms with Crippen LogP contribution in [0.25, 0.3) is 0 Å². The van der Waals surface area contributed by atoms with Gasteiger partial charge in [-0.05, 0) is 18.8 Å². The lowest BCUT2D eigenvalue weighted by molar-refractivity contribution is -0.142. The summed E-state index contributed by atoms with van der Waals surface area (Å²) in [4.78, 5) is 25.3. The Labute approximate surface area is 124 Å². The van der Waals surface area contributed by atoms with Crippen molar-refractivity contribution in [2.45, 2.75) is 34.2 Å². The van der Waals surface area contributed by atoms with Crippen LogP contribution in [-0.2, 0) is 11.3 Å². The molecular weight excluding hydrogens is 270 g/mol. The van der Waals surface area contributed by atoms with Crippen LogP contribution in [-0.4, -0.2) is 44.8 Å². The first-order valence-electron chi connectivity index (χ1n) is 7.35. The summed E-state index contributed by atoms with van der Waals surface area (Å²) in [6.45, 7) is 9.50. The van der Waals surface area contributed by atoms with Gasteiger partial charge in [-0.15, -0.1) is 0 Å². The zero-order valence-electron chi connectivity index (χ0n) is 13.0. The fourth-order valence-electron chi connectivity index (χ4n) is 2.81. The lowest BCUT2D eigenvalue weighted by Gasteiger charge is -2.16. The summed E-state index contributed by atoms with van der Waals surface area (Å²) in [5.74, 6) is -0.977. The molecule has 0 aromatic carbocycles. The number of likely N-dealkylation sites (tertiary alicyclic amines) is 1. The van der Waals surface area contributed by atoms with Gasteiger partial charge in [0.05, 0.1) is 17.7 Å². The average Bonchev–Trinajstić information content (AvgIpc) is 2.93. The van der Waals surface area contributed by atoms with Gasteiger partial charge in [0, 0.05) is 25.3 Å². The van der Waals surface area contributed by atoms with Crippen LogP contribution in [0, 0.1) is 24.7 Å². The molecule has 1 N–H and O–H groups in total. The molecule has 1 aromatic rings. The minimum Gasteiger partial charge on any atom is -0.481 e. The first-order chi connectivity index (χ1) is 9.81. The normalized spacial score (nSPS) is 22.0. The number of carbonyl (C=O) groups is 2. The highest BCUT2D eigenvalue weighted by molar-refractivity contribution is 5.95. The van der Waals surface area contributed by atoms with Crippen molar-refractivity contribution < 1.29 is 14.7 Å². The maximum atomic E-state index is 12.6. The van der Waals surface area contributed by atoms with Crippen molar-refractivity contribution in [3.63, 3.8) is 0 Å². The fourth-order valence-corrected chi connectivity index (χ4v) is 2.81. The van der Waals surface area contributed by atoms with Crippen LogP contribution in [0.5, 0.6) is 0 Å². The Morgan fingerprint density at radius 1 is 1.43 bits per heavy atom. The predicted octanol–water partition coefficient (Wildman–Crippen LogP) is 1.64. The Balaban J connectivity index is 2.14. The third-order valence-electron chi connectivity index (χ3n) is 4.09. The van der Waals surface area contributed by atoms with E-state index in [1.165, 1.54) is 0 Å². The van der Waals surface area contributed by atoms with E-state index in [-0.39, 0.29) is 18.4 Å². The molecule has 2 atom stereocenters. The van der Waals surface area contributed by atoms with Crippen LogP contribution in [0.15, 0.2) is 6.20 Å². The molecule has 0 bridgehead atoms. The minimum absolute atomic E-state index is 0.0162. The number of hydrogen-bond donors (Lipinski definition) is 1. The van der Waals surface area contributed by atoms with Gasteiger partial charge >= 0.3 is 5.97 Å². The smallest absolute Gasteiger partial charge is 0.308 e. The third-order valence-corrected chi connectivity index (χ3v) is 4.09. The molecule has 0 spiro atoms. The second kappa shape index (κ2) is 5.87. The lowest BCUT2D eigenvalue weighted by atomic mass is 9.99. The molecule has 6 heteroatoms. The number of carboxylic acid groups (broad SMARTS) is 1. The topological polar surface area (TPSA) is 75.4 Å². The molecule has 0 radical (unpaired) electrons. The van der Waals surface area contributed by atoms with Crippen molar-refractivity contribution in [2.24, 2.45) is 17.8 Å². The largest absolute Gasteiger partial charge is 0.481 e. The Hall–Kier alpha value is -1.85. The van der Waals surface area contributed by atoms with Crippen molar-refractivity contribution in [1.82, 2.24) is 14.7 Å². The number of hydrogen-bond acceptors (Lipinski definition) is 3. The standard InChI is InChI=1S/C15H23N3O3/c1-9(2)6-18-11(4)12(5-16-18)14(19)17-7-10(3)13(8-17)15(20)21/h5,9-10,13H,6-8H2,1-4H3,(H,20,21)/t10-,13-/m1/s1. The molecule has 1 fully saturated rings. The minimum atomic E-state index is -0.829. The predicted molar refractivity (Wildman–Crippen MR) is 78.0 cm³/mol. The number of rotatable bonds is 4. The number of carboxylic acids is 1. The van der Waals surface area contributed by atoms with Crippen molar-refractivity contribution in [2.75, 3.05) is 13.1 Å².